The molecule has 0 bridgehead atoms. The fraction of sp³-hybridized carbons (Fsp3) is 0.308. The minimum absolute atomic E-state index is 0.0709. The van der Waals surface area contributed by atoms with Gasteiger partial charge in [0.2, 0.25) is 5.95 Å². The van der Waals surface area contributed by atoms with Crippen molar-refractivity contribution in [1.29, 1.82) is 0 Å². The van der Waals surface area contributed by atoms with Gasteiger partial charge in [-0.3, -0.25) is 23.3 Å². The zero-order valence-corrected chi connectivity index (χ0v) is 20.8. The average molecular weight is 507 g/mol. The summed E-state index contributed by atoms with van der Waals surface area (Å²) >= 11 is 0. The number of fused-ring (bicyclic) bond motifs is 1. The van der Waals surface area contributed by atoms with Gasteiger partial charge >= 0.3 is 5.69 Å². The number of aryl methyl sites for hydroxylation is 1. The van der Waals surface area contributed by atoms with Crippen molar-refractivity contribution in [3.05, 3.63) is 86.3 Å². The van der Waals surface area contributed by atoms with Crippen molar-refractivity contribution in [3.8, 4) is 5.75 Å². The highest BCUT2D eigenvalue weighted by atomic mass is 19.1. The maximum absolute atomic E-state index is 13.5. The smallest absolute Gasteiger partial charge is 0.332 e. The van der Waals surface area contributed by atoms with Crippen LogP contribution in [-0.4, -0.2) is 62.8 Å². The average Bonchev–Trinajstić information content (AvgIpc) is 3.31. The molecule has 11 heteroatoms. The maximum atomic E-state index is 13.5. The zero-order valence-electron chi connectivity index (χ0n) is 20.8. The van der Waals surface area contributed by atoms with Crippen LogP contribution < -0.4 is 20.9 Å². The van der Waals surface area contributed by atoms with E-state index in [-0.39, 0.29) is 23.9 Å². The molecule has 0 radical (unpaired) electrons. The highest BCUT2D eigenvalue weighted by molar-refractivity contribution is 5.94. The Morgan fingerprint density at radius 1 is 0.946 bits per heavy atom. The first-order chi connectivity index (χ1) is 17.8. The Labute approximate surface area is 211 Å². The Bertz CT molecular complexity index is 1580. The van der Waals surface area contributed by atoms with Gasteiger partial charge in [-0.1, -0.05) is 12.1 Å². The minimum Gasteiger partial charge on any atom is -0.497 e. The van der Waals surface area contributed by atoms with Crippen LogP contribution in [0, 0.1) is 5.82 Å². The number of methoxy groups -OCH3 is 1. The number of piperazine rings is 1. The molecule has 1 aliphatic heterocycles. The SMILES string of the molecule is COc1ccc(C(=O)N2CCN(c3nc4c(c(=O)n(C)c(=O)n4C)n3Cc3ccc(F)cc3)CC2)cc1. The molecule has 1 saturated heterocycles. The fourth-order valence-electron chi connectivity index (χ4n) is 4.62. The van der Waals surface area contributed by atoms with E-state index in [0.717, 1.165) is 10.1 Å². The second-order valence-corrected chi connectivity index (χ2v) is 9.01. The van der Waals surface area contributed by atoms with Gasteiger partial charge < -0.3 is 14.5 Å². The Morgan fingerprint density at radius 3 is 2.22 bits per heavy atom. The topological polar surface area (TPSA) is 94.6 Å². The molecule has 0 N–H and O–H groups in total. The summed E-state index contributed by atoms with van der Waals surface area (Å²) in [5.74, 6) is 0.782. The summed E-state index contributed by atoms with van der Waals surface area (Å²) in [6, 6.07) is 13.0. The predicted molar refractivity (Wildman–Crippen MR) is 137 cm³/mol. The summed E-state index contributed by atoms with van der Waals surface area (Å²) < 4.78 is 22.9. The largest absolute Gasteiger partial charge is 0.497 e. The van der Waals surface area contributed by atoms with Crippen LogP contribution in [0.25, 0.3) is 11.2 Å². The number of halogens is 1. The van der Waals surface area contributed by atoms with E-state index < -0.39 is 11.2 Å². The Morgan fingerprint density at radius 2 is 1.59 bits per heavy atom. The standard InChI is InChI=1S/C26H27FN6O4/c1-29-22-21(24(35)30(2)26(29)36)33(16-17-4-8-19(27)9-5-17)25(28-22)32-14-12-31(13-15-32)23(34)18-6-10-20(37-3)11-7-18/h4-11H,12-16H2,1-3H3. The number of amides is 1. The summed E-state index contributed by atoms with van der Waals surface area (Å²) in [7, 11) is 4.59. The first kappa shape index (κ1) is 24.3. The third-order valence-corrected chi connectivity index (χ3v) is 6.77. The van der Waals surface area contributed by atoms with Crippen LogP contribution in [0.3, 0.4) is 0 Å². The molecule has 10 nitrogen and oxygen atoms in total. The van der Waals surface area contributed by atoms with Crippen LogP contribution in [0.2, 0.25) is 0 Å². The molecule has 1 aliphatic rings. The normalized spacial score (nSPS) is 13.8. The van der Waals surface area contributed by atoms with Crippen LogP contribution in [0.1, 0.15) is 15.9 Å². The Hall–Kier alpha value is -4.41. The number of hydrogen-bond donors (Lipinski definition) is 0. The van der Waals surface area contributed by atoms with E-state index in [4.69, 9.17) is 9.72 Å². The van der Waals surface area contributed by atoms with Crippen molar-refractivity contribution in [2.24, 2.45) is 14.1 Å². The van der Waals surface area contributed by atoms with E-state index in [1.165, 1.54) is 23.7 Å². The van der Waals surface area contributed by atoms with Crippen molar-refractivity contribution in [2.45, 2.75) is 6.54 Å². The molecule has 37 heavy (non-hydrogen) atoms. The minimum atomic E-state index is -0.467. The van der Waals surface area contributed by atoms with Crippen molar-refractivity contribution in [2.75, 3.05) is 38.2 Å². The highest BCUT2D eigenvalue weighted by Gasteiger charge is 2.27. The lowest BCUT2D eigenvalue weighted by Crippen LogP contribution is -2.49. The molecule has 2 aromatic carbocycles. The van der Waals surface area contributed by atoms with Crippen LogP contribution in [0.15, 0.2) is 58.1 Å². The molecule has 0 atom stereocenters. The molecule has 0 aliphatic carbocycles. The molecule has 0 spiro atoms. The second-order valence-electron chi connectivity index (χ2n) is 9.01. The Kier molecular flexibility index (Phi) is 6.28. The van der Waals surface area contributed by atoms with Gasteiger partial charge in [0.1, 0.15) is 11.6 Å². The molecular weight excluding hydrogens is 479 g/mol. The van der Waals surface area contributed by atoms with Gasteiger partial charge in [-0.15, -0.1) is 0 Å². The number of nitrogens with zero attached hydrogens (tertiary/aromatic N) is 6. The summed E-state index contributed by atoms with van der Waals surface area (Å²) in [6.45, 7) is 2.17. The number of hydrogen-bond acceptors (Lipinski definition) is 6. The number of carbonyl (C=O) groups excluding carboxylic acids is 1. The van der Waals surface area contributed by atoms with E-state index in [1.54, 1.807) is 60.0 Å². The van der Waals surface area contributed by atoms with E-state index in [1.807, 2.05) is 4.90 Å². The van der Waals surface area contributed by atoms with Gasteiger partial charge in [0.05, 0.1) is 13.7 Å². The van der Waals surface area contributed by atoms with Gasteiger partial charge in [0.15, 0.2) is 11.2 Å². The third kappa shape index (κ3) is 4.37. The van der Waals surface area contributed by atoms with Crippen molar-refractivity contribution < 1.29 is 13.9 Å². The molecule has 1 amide bonds. The van der Waals surface area contributed by atoms with Crippen molar-refractivity contribution >= 4 is 23.0 Å². The lowest BCUT2D eigenvalue weighted by molar-refractivity contribution is 0.0746. The van der Waals surface area contributed by atoms with E-state index in [9.17, 15) is 18.8 Å². The van der Waals surface area contributed by atoms with Crippen molar-refractivity contribution in [1.82, 2.24) is 23.6 Å². The molecule has 3 heterocycles. The first-order valence-corrected chi connectivity index (χ1v) is 11.9. The first-order valence-electron chi connectivity index (χ1n) is 11.9. The lowest BCUT2D eigenvalue weighted by atomic mass is 10.1. The zero-order chi connectivity index (χ0) is 26.3. The lowest BCUT2D eigenvalue weighted by Gasteiger charge is -2.35. The number of aromatic nitrogens is 4. The van der Waals surface area contributed by atoms with E-state index >= 15 is 0 Å². The molecule has 0 unspecified atom stereocenters. The number of ether oxygens (including phenoxy) is 1. The number of anilines is 1. The number of benzene rings is 2. The van der Waals surface area contributed by atoms with Crippen LogP contribution in [-0.2, 0) is 20.6 Å². The Balaban J connectivity index is 1.48. The molecule has 4 aromatic rings. The van der Waals surface area contributed by atoms with Crippen LogP contribution in [0.5, 0.6) is 5.75 Å². The van der Waals surface area contributed by atoms with Gasteiger partial charge in [-0.2, -0.15) is 4.98 Å². The summed E-state index contributed by atoms with van der Waals surface area (Å²) in [6.07, 6.45) is 0. The molecule has 5 rings (SSSR count). The molecular formula is C26H27FN6O4. The molecule has 0 saturated carbocycles. The van der Waals surface area contributed by atoms with E-state index in [0.29, 0.717) is 49.0 Å². The number of rotatable bonds is 5. The number of imidazole rings is 1. The maximum Gasteiger partial charge on any atom is 0.332 e. The predicted octanol–water partition coefficient (Wildman–Crippen LogP) is 1.59. The fourth-order valence-corrected chi connectivity index (χ4v) is 4.62. The number of carbonyl (C=O) groups is 1. The highest BCUT2D eigenvalue weighted by Crippen LogP contribution is 2.23. The molecule has 1 fully saturated rings. The van der Waals surface area contributed by atoms with Crippen LogP contribution in [0.4, 0.5) is 10.3 Å². The summed E-state index contributed by atoms with van der Waals surface area (Å²) in [5, 5.41) is 0. The molecule has 2 aromatic heterocycles. The van der Waals surface area contributed by atoms with Crippen LogP contribution >= 0.6 is 0 Å². The quantitative estimate of drug-likeness (QED) is 0.408. The van der Waals surface area contributed by atoms with E-state index in [2.05, 4.69) is 0 Å². The monoisotopic (exact) mass is 506 g/mol. The summed E-state index contributed by atoms with van der Waals surface area (Å²) in [5.41, 5.74) is 1.02. The third-order valence-electron chi connectivity index (χ3n) is 6.77. The second kappa shape index (κ2) is 9.57. The van der Waals surface area contributed by atoms with Gasteiger partial charge in [0, 0.05) is 45.8 Å². The van der Waals surface area contributed by atoms with Gasteiger partial charge in [0.25, 0.3) is 11.5 Å². The summed E-state index contributed by atoms with van der Waals surface area (Å²) in [4.78, 5) is 47.2. The molecule has 192 valence electrons. The van der Waals surface area contributed by atoms with Crippen molar-refractivity contribution in [3.63, 3.8) is 0 Å². The van der Waals surface area contributed by atoms with Gasteiger partial charge in [-0.05, 0) is 42.0 Å². The van der Waals surface area contributed by atoms with Gasteiger partial charge in [-0.25, -0.2) is 9.18 Å².